The van der Waals surface area contributed by atoms with Gasteiger partial charge in [-0.15, -0.1) is 22.0 Å². The molecule has 2 aliphatic rings. The molecule has 0 bridgehead atoms. The van der Waals surface area contributed by atoms with E-state index in [0.29, 0.717) is 15.8 Å². The van der Waals surface area contributed by atoms with Gasteiger partial charge in [-0.25, -0.2) is 9.59 Å². The van der Waals surface area contributed by atoms with E-state index in [-0.39, 0.29) is 35.6 Å². The molecule has 2 aliphatic heterocycles. The topological polar surface area (TPSA) is 262 Å². The van der Waals surface area contributed by atoms with Crippen LogP contribution in [0.3, 0.4) is 0 Å². The average Bonchev–Trinajstić information content (AvgIpc) is 3.62. The number of oxime groups is 1. The fourth-order valence-electron chi connectivity index (χ4n) is 3.99. The van der Waals surface area contributed by atoms with Crippen LogP contribution in [-0.4, -0.2) is 118 Å². The standard InChI is InChI=1S/C24H31N9O9S4/c1-10(18(36)37)42-31-12(14-28-20(25)46-32-14)15(34)27-13-16(35)33-7-24(19(38)39,8-43-17(13)33)9-44-22-30-29-11(45-22)5-6-26-21(40)41-23(2,3)4/h10,13,17H,5-9H2,1-4H3,(H,26,40)(H,27,34)(H,36,37)(H,38,39)(H2,25,28,32)/t10?,13?,17-,24?/m1/s1. The number of aliphatic carboxylic acids is 2. The number of hydrogen-bond acceptors (Lipinski definition) is 17. The minimum absolute atomic E-state index is 0.0263. The molecule has 6 N–H and O–H groups in total. The Kier molecular flexibility index (Phi) is 10.9. The molecule has 0 saturated carbocycles. The third-order valence-corrected chi connectivity index (χ3v) is 10.9. The zero-order valence-electron chi connectivity index (χ0n) is 24.9. The van der Waals surface area contributed by atoms with Crippen LogP contribution in [0.4, 0.5) is 9.93 Å². The van der Waals surface area contributed by atoms with E-state index in [2.05, 4.69) is 35.3 Å². The van der Waals surface area contributed by atoms with Crippen LogP contribution in [0.5, 0.6) is 0 Å². The van der Waals surface area contributed by atoms with Gasteiger partial charge in [0.25, 0.3) is 5.91 Å². The van der Waals surface area contributed by atoms with Gasteiger partial charge in [-0.2, -0.15) is 9.36 Å². The summed E-state index contributed by atoms with van der Waals surface area (Å²) in [6, 6.07) is -1.00. The Bertz CT molecular complexity index is 1530. The zero-order chi connectivity index (χ0) is 33.8. The van der Waals surface area contributed by atoms with Crippen LogP contribution < -0.4 is 16.4 Å². The van der Waals surface area contributed by atoms with Crippen LogP contribution in [-0.2, 0) is 35.2 Å². The highest BCUT2D eigenvalue weighted by atomic mass is 32.2. The quantitative estimate of drug-likeness (QED) is 0.0817. The number of anilines is 1. The van der Waals surface area contributed by atoms with Crippen LogP contribution in [0.15, 0.2) is 9.50 Å². The smallest absolute Gasteiger partial charge is 0.407 e. The summed E-state index contributed by atoms with van der Waals surface area (Å²) in [5.41, 5.74) is 3.23. The third kappa shape index (κ3) is 8.53. The number of aromatic nitrogens is 4. The van der Waals surface area contributed by atoms with E-state index in [0.717, 1.165) is 11.5 Å². The number of nitrogens with zero attached hydrogens (tertiary/aromatic N) is 6. The average molecular weight is 718 g/mol. The Morgan fingerprint density at radius 2 is 2.00 bits per heavy atom. The second kappa shape index (κ2) is 14.3. The number of carbonyl (C=O) groups is 5. The minimum atomic E-state index is -1.39. The summed E-state index contributed by atoms with van der Waals surface area (Å²) in [5.74, 6) is -3.75. The van der Waals surface area contributed by atoms with E-state index in [1.807, 2.05) is 0 Å². The first-order chi connectivity index (χ1) is 21.6. The number of amides is 3. The van der Waals surface area contributed by atoms with Gasteiger partial charge in [0.1, 0.15) is 27.4 Å². The maximum Gasteiger partial charge on any atom is 0.407 e. The molecule has 0 aromatic carbocycles. The number of alkyl carbamates (subject to hydrolysis) is 1. The Balaban J connectivity index is 1.34. The van der Waals surface area contributed by atoms with Crippen LogP contribution >= 0.6 is 46.4 Å². The molecule has 22 heteroatoms. The number of nitrogen functional groups attached to an aromatic ring is 1. The van der Waals surface area contributed by atoms with Crippen molar-refractivity contribution in [1.82, 2.24) is 35.1 Å². The first-order valence-electron chi connectivity index (χ1n) is 13.5. The molecule has 4 rings (SSSR count). The number of nitrogens with two attached hydrogens (primary N) is 1. The molecular weight excluding hydrogens is 687 g/mol. The summed E-state index contributed by atoms with van der Waals surface area (Å²) < 4.78 is 9.66. The molecule has 0 aliphatic carbocycles. The van der Waals surface area contributed by atoms with Crippen molar-refractivity contribution in [3.63, 3.8) is 0 Å². The molecule has 4 atom stereocenters. The van der Waals surface area contributed by atoms with E-state index in [1.165, 1.54) is 46.7 Å². The number of carbonyl (C=O) groups excluding carboxylic acids is 3. The predicted octanol–water partition coefficient (Wildman–Crippen LogP) is 0.496. The van der Waals surface area contributed by atoms with Crippen molar-refractivity contribution in [2.75, 3.05) is 30.3 Å². The lowest BCUT2D eigenvalue weighted by Crippen LogP contribution is -2.74. The summed E-state index contributed by atoms with van der Waals surface area (Å²) in [5, 5.41) is 36.4. The van der Waals surface area contributed by atoms with Gasteiger partial charge in [0, 0.05) is 42.5 Å². The fourth-order valence-corrected chi connectivity index (χ4v) is 8.18. The molecule has 3 unspecified atom stereocenters. The van der Waals surface area contributed by atoms with Crippen molar-refractivity contribution < 1.29 is 43.8 Å². The molecule has 250 valence electrons. The lowest BCUT2D eigenvalue weighted by molar-refractivity contribution is -0.157. The van der Waals surface area contributed by atoms with E-state index in [4.69, 9.17) is 20.4 Å². The molecule has 3 amide bonds. The maximum atomic E-state index is 13.1. The lowest BCUT2D eigenvalue weighted by atomic mass is 9.89. The van der Waals surface area contributed by atoms with Crippen LogP contribution in [0.2, 0.25) is 0 Å². The van der Waals surface area contributed by atoms with Crippen molar-refractivity contribution in [3.8, 4) is 0 Å². The molecule has 46 heavy (non-hydrogen) atoms. The van der Waals surface area contributed by atoms with Gasteiger partial charge < -0.3 is 41.1 Å². The summed E-state index contributed by atoms with van der Waals surface area (Å²) in [4.78, 5) is 71.8. The molecular formula is C24H31N9O9S4. The van der Waals surface area contributed by atoms with Gasteiger partial charge in [-0.05, 0) is 27.7 Å². The lowest BCUT2D eigenvalue weighted by Gasteiger charge is -2.53. The van der Waals surface area contributed by atoms with Crippen LogP contribution in [0.1, 0.15) is 38.5 Å². The molecule has 0 radical (unpaired) electrons. The second-order valence-corrected chi connectivity index (χ2v) is 15.3. The highest BCUT2D eigenvalue weighted by Crippen LogP contribution is 2.44. The van der Waals surface area contributed by atoms with Gasteiger partial charge in [-0.3, -0.25) is 14.4 Å². The number of nitrogens with one attached hydrogen (secondary N) is 2. The van der Waals surface area contributed by atoms with Crippen molar-refractivity contribution in [1.29, 1.82) is 0 Å². The zero-order valence-corrected chi connectivity index (χ0v) is 28.2. The molecule has 0 spiro atoms. The van der Waals surface area contributed by atoms with Crippen molar-refractivity contribution in [2.45, 2.75) is 61.6 Å². The number of hydrogen-bond donors (Lipinski definition) is 5. The number of β-lactam (4-membered cyclic amide) rings is 1. The SMILES string of the molecule is CC(ON=C(C(=O)NC1C(=O)N2CC(CSc3nnc(CCNC(=O)OC(C)(C)C)s3)(C(=O)O)CS[C@H]12)c1nsc(N)n1)C(=O)O. The highest BCUT2D eigenvalue weighted by molar-refractivity contribution is 8.01. The summed E-state index contributed by atoms with van der Waals surface area (Å²) in [6.07, 6.45) is -1.51. The molecule has 18 nitrogen and oxygen atoms in total. The molecule has 2 saturated heterocycles. The third-order valence-electron chi connectivity index (χ3n) is 6.33. The van der Waals surface area contributed by atoms with Gasteiger partial charge in [-0.1, -0.05) is 28.3 Å². The van der Waals surface area contributed by atoms with Crippen molar-refractivity contribution in [3.05, 3.63) is 10.8 Å². The van der Waals surface area contributed by atoms with Gasteiger partial charge in [0.05, 0.1) is 0 Å². The summed E-state index contributed by atoms with van der Waals surface area (Å²) >= 11 is 4.48. The number of fused-ring (bicyclic) bond motifs is 1. The molecule has 4 heterocycles. The Hall–Kier alpha value is -3.76. The minimum Gasteiger partial charge on any atom is -0.481 e. The first kappa shape index (κ1) is 35.1. The monoisotopic (exact) mass is 717 g/mol. The number of rotatable bonds is 13. The van der Waals surface area contributed by atoms with Gasteiger partial charge in [0.15, 0.2) is 9.47 Å². The predicted molar refractivity (Wildman–Crippen MR) is 168 cm³/mol. The largest absolute Gasteiger partial charge is 0.481 e. The van der Waals surface area contributed by atoms with E-state index < -0.39 is 64.1 Å². The van der Waals surface area contributed by atoms with Crippen LogP contribution in [0.25, 0.3) is 0 Å². The second-order valence-electron chi connectivity index (χ2n) is 11.1. The van der Waals surface area contributed by atoms with E-state index >= 15 is 0 Å². The number of carboxylic acids is 2. The normalized spacial score (nSPS) is 21.9. The van der Waals surface area contributed by atoms with E-state index in [9.17, 15) is 29.1 Å². The number of thioether (sulfide) groups is 2. The Morgan fingerprint density at radius 1 is 1.26 bits per heavy atom. The number of ether oxygens (including phenoxy) is 1. The van der Waals surface area contributed by atoms with Gasteiger partial charge >= 0.3 is 18.0 Å². The van der Waals surface area contributed by atoms with Crippen molar-refractivity contribution >= 4 is 87.1 Å². The first-order valence-corrected chi connectivity index (χ1v) is 17.2. The summed E-state index contributed by atoms with van der Waals surface area (Å²) in [7, 11) is 0. The Labute approximate surface area is 278 Å². The van der Waals surface area contributed by atoms with E-state index in [1.54, 1.807) is 20.8 Å². The molecule has 2 aromatic heterocycles. The molecule has 2 aromatic rings. The fraction of sp³-hybridized carbons (Fsp3) is 0.583. The summed E-state index contributed by atoms with van der Waals surface area (Å²) in [6.45, 7) is 6.70. The van der Waals surface area contributed by atoms with Crippen molar-refractivity contribution in [2.24, 2.45) is 10.6 Å². The van der Waals surface area contributed by atoms with Gasteiger partial charge in [0.2, 0.25) is 23.5 Å². The number of carboxylic acid groups (broad SMARTS) is 2. The Morgan fingerprint density at radius 3 is 2.63 bits per heavy atom. The maximum absolute atomic E-state index is 13.1. The highest BCUT2D eigenvalue weighted by Gasteiger charge is 2.57. The molecule has 2 fully saturated rings. The van der Waals surface area contributed by atoms with Crippen LogP contribution in [0, 0.1) is 5.41 Å².